The van der Waals surface area contributed by atoms with E-state index in [1.165, 1.54) is 14.1 Å². The van der Waals surface area contributed by atoms with Crippen LogP contribution in [-0.4, -0.2) is 32.3 Å². The number of hydroxylamine groups is 2. The standard InChI is InChI=1S/C11H22N4O4/c1-10-5-11(7(12)9(10)18-14(3)16)4-6(11)8(10)19-15(17)13-2/h6-9,13-15H,4-5,12H2,1-3H3. The molecule has 0 aliphatic heterocycles. The van der Waals surface area contributed by atoms with E-state index in [0.29, 0.717) is 5.92 Å². The van der Waals surface area contributed by atoms with Crippen molar-refractivity contribution in [3.63, 3.8) is 0 Å². The van der Waals surface area contributed by atoms with Crippen LogP contribution in [0.1, 0.15) is 19.8 Å². The molecule has 3 aliphatic carbocycles. The Balaban J connectivity index is 1.82. The van der Waals surface area contributed by atoms with E-state index < -0.39 is 5.34 Å². The van der Waals surface area contributed by atoms with Gasteiger partial charge >= 0.3 is 0 Å². The van der Waals surface area contributed by atoms with Crippen molar-refractivity contribution in [2.75, 3.05) is 14.1 Å². The Morgan fingerprint density at radius 3 is 2.53 bits per heavy atom. The molecule has 2 bridgehead atoms. The van der Waals surface area contributed by atoms with E-state index >= 15 is 0 Å². The van der Waals surface area contributed by atoms with Crippen LogP contribution < -0.4 is 21.7 Å². The Kier molecular flexibility index (Phi) is 2.94. The van der Waals surface area contributed by atoms with E-state index in [1.54, 1.807) is 0 Å². The van der Waals surface area contributed by atoms with Gasteiger partial charge in [0.15, 0.2) is 0 Å². The average molecular weight is 274 g/mol. The van der Waals surface area contributed by atoms with Crippen LogP contribution in [0.25, 0.3) is 0 Å². The summed E-state index contributed by atoms with van der Waals surface area (Å²) >= 11 is 0. The summed E-state index contributed by atoms with van der Waals surface area (Å²) in [5.41, 5.74) is 8.38. The van der Waals surface area contributed by atoms with E-state index in [1.807, 2.05) is 6.92 Å². The number of nitrogens with two attached hydrogens (primary N) is 1. The Hall–Kier alpha value is -0.320. The number of hydrogen-bond acceptors (Lipinski definition) is 6. The maximum absolute atomic E-state index is 11.5. The van der Waals surface area contributed by atoms with Gasteiger partial charge in [-0.2, -0.15) is 9.68 Å². The van der Waals surface area contributed by atoms with Crippen molar-refractivity contribution in [1.82, 2.24) is 5.43 Å². The molecule has 110 valence electrons. The highest BCUT2D eigenvalue weighted by atomic mass is 16.9. The molecule has 8 heteroatoms. The summed E-state index contributed by atoms with van der Waals surface area (Å²) in [6.07, 6.45) is 1.25. The lowest BCUT2D eigenvalue weighted by Crippen LogP contribution is -3.13. The minimum Gasteiger partial charge on any atom is -0.600 e. The first-order valence-electron chi connectivity index (χ1n) is 6.66. The van der Waals surface area contributed by atoms with Gasteiger partial charge in [-0.3, -0.25) is 0 Å². The summed E-state index contributed by atoms with van der Waals surface area (Å²) in [7, 11) is 2.93. The summed E-state index contributed by atoms with van der Waals surface area (Å²) in [5.74, 6) is 0.316. The highest BCUT2D eigenvalue weighted by molar-refractivity contribution is 5.30. The van der Waals surface area contributed by atoms with Crippen molar-refractivity contribution in [3.05, 3.63) is 10.4 Å². The quantitative estimate of drug-likeness (QED) is 0.395. The van der Waals surface area contributed by atoms with Crippen molar-refractivity contribution in [2.24, 2.45) is 22.5 Å². The SMILES string of the molecule is CN[NH+]([O-])OC1C2CC23CC1(C)C(O[NH+](C)[O-])C3N. The van der Waals surface area contributed by atoms with Crippen LogP contribution in [-0.2, 0) is 9.68 Å². The summed E-state index contributed by atoms with van der Waals surface area (Å²) < 4.78 is 0. The number of rotatable bonds is 5. The number of nitrogens with one attached hydrogen (secondary N) is 3. The van der Waals surface area contributed by atoms with Gasteiger partial charge < -0.3 is 16.1 Å². The Bertz CT molecular complexity index is 384. The molecule has 8 nitrogen and oxygen atoms in total. The molecule has 8 unspecified atom stereocenters. The van der Waals surface area contributed by atoms with E-state index in [-0.39, 0.29) is 34.3 Å². The van der Waals surface area contributed by atoms with E-state index in [0.717, 1.165) is 12.8 Å². The highest BCUT2D eigenvalue weighted by Crippen LogP contribution is 2.77. The Labute approximate surface area is 111 Å². The lowest BCUT2D eigenvalue weighted by atomic mass is 9.79. The number of quaternary nitrogens is 2. The molecular weight excluding hydrogens is 252 g/mol. The number of fused-ring (bicyclic) bond motifs is 1. The van der Waals surface area contributed by atoms with Gasteiger partial charge in [0.25, 0.3) is 0 Å². The lowest BCUT2D eigenvalue weighted by Gasteiger charge is -2.40. The molecule has 0 radical (unpaired) electrons. The summed E-state index contributed by atoms with van der Waals surface area (Å²) in [6.45, 7) is 2.01. The van der Waals surface area contributed by atoms with Crippen molar-refractivity contribution in [3.8, 4) is 0 Å². The maximum Gasteiger partial charge on any atom is 0.141 e. The van der Waals surface area contributed by atoms with Gasteiger partial charge in [0.1, 0.15) is 12.2 Å². The van der Waals surface area contributed by atoms with E-state index in [4.69, 9.17) is 15.4 Å². The first kappa shape index (κ1) is 13.7. The largest absolute Gasteiger partial charge is 0.600 e. The lowest BCUT2D eigenvalue weighted by molar-refractivity contribution is -1.09. The Morgan fingerprint density at radius 1 is 1.32 bits per heavy atom. The van der Waals surface area contributed by atoms with Crippen LogP contribution in [0.15, 0.2) is 0 Å². The highest BCUT2D eigenvalue weighted by Gasteiger charge is 2.82. The van der Waals surface area contributed by atoms with Crippen LogP contribution in [0, 0.1) is 27.2 Å². The molecule has 3 aliphatic rings. The molecular formula is C11H22N4O4. The van der Waals surface area contributed by atoms with Crippen LogP contribution in [0.3, 0.4) is 0 Å². The fourth-order valence-electron chi connectivity index (χ4n) is 4.48. The third-order valence-electron chi connectivity index (χ3n) is 5.27. The molecule has 0 aromatic rings. The van der Waals surface area contributed by atoms with Gasteiger partial charge in [0.05, 0.1) is 7.05 Å². The minimum absolute atomic E-state index is 0.00749. The first-order valence-corrected chi connectivity index (χ1v) is 6.66. The van der Waals surface area contributed by atoms with Crippen LogP contribution in [0.4, 0.5) is 0 Å². The van der Waals surface area contributed by atoms with Crippen molar-refractivity contribution >= 4 is 0 Å². The molecule has 0 amide bonds. The zero-order chi connectivity index (χ0) is 14.0. The maximum atomic E-state index is 11.5. The molecule has 0 aromatic carbocycles. The summed E-state index contributed by atoms with van der Waals surface area (Å²) in [6, 6.07) is -0.143. The molecule has 19 heavy (non-hydrogen) atoms. The second-order valence-electron chi connectivity index (χ2n) is 6.36. The predicted molar refractivity (Wildman–Crippen MR) is 64.6 cm³/mol. The van der Waals surface area contributed by atoms with Crippen molar-refractivity contribution < 1.29 is 20.2 Å². The van der Waals surface area contributed by atoms with E-state index in [9.17, 15) is 10.4 Å². The van der Waals surface area contributed by atoms with Crippen LogP contribution >= 0.6 is 0 Å². The normalized spacial score (nSPS) is 54.0. The third kappa shape index (κ3) is 1.69. The van der Waals surface area contributed by atoms with Crippen molar-refractivity contribution in [2.45, 2.75) is 38.0 Å². The topological polar surface area (TPSA) is 112 Å². The van der Waals surface area contributed by atoms with Gasteiger partial charge in [0.2, 0.25) is 0 Å². The molecule has 3 rings (SSSR count). The molecule has 1 spiro atoms. The zero-order valence-corrected chi connectivity index (χ0v) is 11.4. The second kappa shape index (κ2) is 4.09. The van der Waals surface area contributed by atoms with Gasteiger partial charge in [-0.1, -0.05) is 6.92 Å². The first-order chi connectivity index (χ1) is 8.85. The molecule has 5 N–H and O–H groups in total. The van der Waals surface area contributed by atoms with Gasteiger partial charge in [-0.25, -0.2) is 5.23 Å². The van der Waals surface area contributed by atoms with Crippen LogP contribution in [0.5, 0.6) is 0 Å². The smallest absolute Gasteiger partial charge is 0.141 e. The second-order valence-corrected chi connectivity index (χ2v) is 6.36. The summed E-state index contributed by atoms with van der Waals surface area (Å²) in [4.78, 5) is 10.9. The third-order valence-corrected chi connectivity index (χ3v) is 5.27. The molecule has 0 saturated heterocycles. The minimum atomic E-state index is -0.434. The fraction of sp³-hybridized carbons (Fsp3) is 1.00. The predicted octanol–water partition coefficient (Wildman–Crippen LogP) is -3.13. The van der Waals surface area contributed by atoms with Crippen LogP contribution in [0.2, 0.25) is 0 Å². The molecule has 3 saturated carbocycles. The fourth-order valence-corrected chi connectivity index (χ4v) is 4.48. The monoisotopic (exact) mass is 274 g/mol. The van der Waals surface area contributed by atoms with Gasteiger partial charge in [0, 0.05) is 18.5 Å². The van der Waals surface area contributed by atoms with Gasteiger partial charge in [-0.05, 0) is 24.2 Å². The van der Waals surface area contributed by atoms with Crippen molar-refractivity contribution in [1.29, 1.82) is 0 Å². The molecule has 8 atom stereocenters. The summed E-state index contributed by atoms with van der Waals surface area (Å²) in [5, 5.41) is 22.0. The molecule has 3 fully saturated rings. The van der Waals surface area contributed by atoms with E-state index in [2.05, 4.69) is 5.43 Å². The zero-order valence-electron chi connectivity index (χ0n) is 11.4. The van der Waals surface area contributed by atoms with Gasteiger partial charge in [-0.15, -0.1) is 10.8 Å². The molecule has 0 aromatic heterocycles. The number of hydrogen-bond donors (Lipinski definition) is 4. The Morgan fingerprint density at radius 2 is 2.00 bits per heavy atom. The average Bonchev–Trinajstić information content (AvgIpc) is 2.95. The molecule has 0 heterocycles.